The summed E-state index contributed by atoms with van der Waals surface area (Å²) in [6, 6.07) is 29.2. The maximum Gasteiger partial charge on any atom is 0.101 e. The Morgan fingerprint density at radius 2 is 1.64 bits per heavy atom. The maximum absolute atomic E-state index is 10.6. The van der Waals surface area contributed by atoms with Crippen LogP contribution in [0, 0.1) is 29.1 Å². The molecule has 0 saturated carbocycles. The lowest BCUT2D eigenvalue weighted by Gasteiger charge is -2.38. The number of thioether (sulfide) groups is 1. The van der Waals surface area contributed by atoms with E-state index in [0.29, 0.717) is 22.3 Å². The monoisotopic (exact) mass is 602 g/mol. The fourth-order valence-electron chi connectivity index (χ4n) is 9.87. The Morgan fingerprint density at radius 1 is 0.933 bits per heavy atom. The van der Waals surface area contributed by atoms with Gasteiger partial charge in [0.1, 0.15) is 6.07 Å². The molecule has 1 aromatic heterocycles. The van der Waals surface area contributed by atoms with Crippen LogP contribution in [-0.2, 0) is 5.41 Å². The zero-order valence-electron chi connectivity index (χ0n) is 26.3. The number of hydrogen-bond acceptors (Lipinski definition) is 2. The summed E-state index contributed by atoms with van der Waals surface area (Å²) in [6.07, 6.45) is 13.8. The van der Waals surface area contributed by atoms with Crippen molar-refractivity contribution in [3.63, 3.8) is 0 Å². The van der Waals surface area contributed by atoms with Gasteiger partial charge in [0.2, 0.25) is 0 Å². The van der Waals surface area contributed by atoms with Crippen LogP contribution in [0.2, 0.25) is 0 Å². The number of nitriles is 1. The standard InChI is InChI=1S/C42H38N2S/c1-4-26-27(22-23-37-38(26)33-21-20-31-28-13-5-8-17-34(28)42(2,3)39(31)41(33)45-37)32-16-11-12-25(24-43)40(32)44-35-18-9-6-14-29(35)30-15-7-10-19-36(30)44/h5-15,17-21,32-33,37-38,41H,4,16,22-23H2,1-3H3/t32-,33+,37-,38?,41?/m0/s1. The van der Waals surface area contributed by atoms with E-state index < -0.39 is 0 Å². The number of benzene rings is 3. The minimum absolute atomic E-state index is 0.0569. The molecule has 0 bridgehead atoms. The number of rotatable bonds is 3. The van der Waals surface area contributed by atoms with E-state index in [-0.39, 0.29) is 11.3 Å². The number of allylic oxidation sites excluding steroid dienone is 9. The fraction of sp³-hybridized carbons (Fsp3) is 0.310. The topological polar surface area (TPSA) is 28.7 Å². The second-order valence-electron chi connectivity index (χ2n) is 14.0. The van der Waals surface area contributed by atoms with Crippen molar-refractivity contribution in [2.75, 3.05) is 0 Å². The van der Waals surface area contributed by atoms with Gasteiger partial charge in [-0.05, 0) is 72.1 Å². The van der Waals surface area contributed by atoms with Crippen LogP contribution in [0.3, 0.4) is 0 Å². The van der Waals surface area contributed by atoms with E-state index >= 15 is 0 Å². The summed E-state index contributed by atoms with van der Waals surface area (Å²) in [4.78, 5) is 0. The Morgan fingerprint density at radius 3 is 2.38 bits per heavy atom. The van der Waals surface area contributed by atoms with Gasteiger partial charge in [0.05, 0.1) is 16.6 Å². The van der Waals surface area contributed by atoms with E-state index in [1.165, 1.54) is 50.6 Å². The van der Waals surface area contributed by atoms with Crippen LogP contribution in [0.15, 0.2) is 119 Å². The molecule has 1 saturated heterocycles. The summed E-state index contributed by atoms with van der Waals surface area (Å²) in [7, 11) is 0. The van der Waals surface area contributed by atoms with Crippen LogP contribution in [0.1, 0.15) is 57.6 Å². The molecule has 222 valence electrons. The zero-order chi connectivity index (χ0) is 30.4. The van der Waals surface area contributed by atoms with E-state index in [1.807, 2.05) is 0 Å². The van der Waals surface area contributed by atoms with Crippen molar-refractivity contribution < 1.29 is 0 Å². The third-order valence-corrected chi connectivity index (χ3v) is 13.3. The van der Waals surface area contributed by atoms with Crippen molar-refractivity contribution in [1.82, 2.24) is 4.57 Å². The zero-order valence-corrected chi connectivity index (χ0v) is 27.1. The third kappa shape index (κ3) is 3.70. The molecule has 0 spiro atoms. The first-order chi connectivity index (χ1) is 22.0. The van der Waals surface area contributed by atoms with Gasteiger partial charge in [-0.1, -0.05) is 111 Å². The first-order valence-corrected chi connectivity index (χ1v) is 17.7. The predicted octanol–water partition coefficient (Wildman–Crippen LogP) is 10.6. The van der Waals surface area contributed by atoms with Gasteiger partial charge in [-0.25, -0.2) is 0 Å². The molecular formula is C42H38N2S. The summed E-state index contributed by atoms with van der Waals surface area (Å²) in [5.41, 5.74) is 13.8. The Hall–Kier alpha value is -4.00. The molecule has 3 heteroatoms. The summed E-state index contributed by atoms with van der Waals surface area (Å²) in [5.74, 6) is 1.28. The summed E-state index contributed by atoms with van der Waals surface area (Å²) < 4.78 is 2.44. The molecule has 2 unspecified atom stereocenters. The SMILES string of the molecule is CCC1=C([C@@H]2CC=CC(C#N)=C2n2c3ccccc3c3ccccc32)CC[C@@H]2SC3C4=C(C=C[C@@H]3C12)c1ccccc1C4(C)C. The quantitative estimate of drug-likeness (QED) is 0.218. The lowest BCUT2D eigenvalue weighted by Crippen LogP contribution is -2.33. The van der Waals surface area contributed by atoms with Gasteiger partial charge < -0.3 is 4.57 Å². The molecule has 45 heavy (non-hydrogen) atoms. The molecule has 5 aliphatic rings. The Kier molecular flexibility index (Phi) is 6.07. The van der Waals surface area contributed by atoms with Crippen LogP contribution in [0.25, 0.3) is 33.1 Å². The van der Waals surface area contributed by atoms with Gasteiger partial charge in [0.15, 0.2) is 0 Å². The van der Waals surface area contributed by atoms with Crippen molar-refractivity contribution in [2.24, 2.45) is 17.8 Å². The van der Waals surface area contributed by atoms with Gasteiger partial charge in [0, 0.05) is 44.2 Å². The van der Waals surface area contributed by atoms with Gasteiger partial charge in [-0.2, -0.15) is 5.26 Å². The fourth-order valence-corrected chi connectivity index (χ4v) is 12.0. The van der Waals surface area contributed by atoms with Gasteiger partial charge in [-0.3, -0.25) is 0 Å². The maximum atomic E-state index is 10.6. The summed E-state index contributed by atoms with van der Waals surface area (Å²) in [5, 5.41) is 14.2. The van der Waals surface area contributed by atoms with Crippen molar-refractivity contribution in [3.05, 3.63) is 131 Å². The number of nitrogens with zero attached hydrogens (tertiary/aromatic N) is 2. The molecule has 0 radical (unpaired) electrons. The second kappa shape index (κ2) is 10.0. The minimum Gasteiger partial charge on any atom is -0.311 e. The molecule has 4 aromatic rings. The van der Waals surface area contributed by atoms with E-state index in [4.69, 9.17) is 0 Å². The lowest BCUT2D eigenvalue weighted by molar-refractivity contribution is 0.403. The lowest BCUT2D eigenvalue weighted by atomic mass is 9.66. The van der Waals surface area contributed by atoms with Crippen LogP contribution in [-0.4, -0.2) is 15.1 Å². The number of aromatic nitrogens is 1. The van der Waals surface area contributed by atoms with Crippen LogP contribution in [0.5, 0.6) is 0 Å². The normalized spacial score (nSPS) is 28.0. The van der Waals surface area contributed by atoms with Gasteiger partial charge in [-0.15, -0.1) is 11.8 Å². The number of hydrogen-bond donors (Lipinski definition) is 0. The molecule has 5 atom stereocenters. The third-order valence-electron chi connectivity index (χ3n) is 11.6. The van der Waals surface area contributed by atoms with Crippen LogP contribution >= 0.6 is 11.8 Å². The molecule has 9 rings (SSSR count). The highest BCUT2D eigenvalue weighted by atomic mass is 32.2. The smallest absolute Gasteiger partial charge is 0.101 e. The molecule has 1 fully saturated rings. The van der Waals surface area contributed by atoms with E-state index in [2.05, 4.69) is 140 Å². The van der Waals surface area contributed by atoms with Crippen molar-refractivity contribution in [1.29, 1.82) is 5.26 Å². The Bertz CT molecular complexity index is 2070. The minimum atomic E-state index is 0.0569. The van der Waals surface area contributed by atoms with Gasteiger partial charge in [0.25, 0.3) is 0 Å². The average Bonchev–Trinajstić information content (AvgIpc) is 3.70. The highest BCUT2D eigenvalue weighted by Crippen LogP contribution is 2.63. The van der Waals surface area contributed by atoms with Crippen molar-refractivity contribution in [2.45, 2.75) is 62.4 Å². The highest BCUT2D eigenvalue weighted by molar-refractivity contribution is 8.01. The molecule has 2 nitrogen and oxygen atoms in total. The molecule has 2 heterocycles. The first-order valence-electron chi connectivity index (χ1n) is 16.7. The highest BCUT2D eigenvalue weighted by Gasteiger charge is 2.54. The Labute approximate surface area is 270 Å². The molecular weight excluding hydrogens is 565 g/mol. The summed E-state index contributed by atoms with van der Waals surface area (Å²) >= 11 is 2.28. The van der Waals surface area contributed by atoms with Gasteiger partial charge >= 0.3 is 0 Å². The molecule has 0 amide bonds. The first kappa shape index (κ1) is 27.3. The average molecular weight is 603 g/mol. The van der Waals surface area contributed by atoms with E-state index in [1.54, 1.807) is 16.7 Å². The van der Waals surface area contributed by atoms with Crippen molar-refractivity contribution in [3.8, 4) is 6.07 Å². The van der Waals surface area contributed by atoms with Crippen molar-refractivity contribution >= 4 is 44.8 Å². The van der Waals surface area contributed by atoms with E-state index in [9.17, 15) is 5.26 Å². The number of para-hydroxylation sites is 2. The molecule has 0 N–H and O–H groups in total. The van der Waals surface area contributed by atoms with E-state index in [0.717, 1.165) is 24.8 Å². The Balaban J connectivity index is 1.19. The summed E-state index contributed by atoms with van der Waals surface area (Å²) in [6.45, 7) is 7.29. The number of fused-ring (bicyclic) bond motifs is 9. The predicted molar refractivity (Wildman–Crippen MR) is 190 cm³/mol. The largest absolute Gasteiger partial charge is 0.311 e. The molecule has 3 aromatic carbocycles. The second-order valence-corrected chi connectivity index (χ2v) is 15.4. The molecule has 1 aliphatic heterocycles. The molecule has 4 aliphatic carbocycles. The van der Waals surface area contributed by atoms with Crippen LogP contribution in [0.4, 0.5) is 0 Å². The van der Waals surface area contributed by atoms with Crippen LogP contribution < -0.4 is 0 Å².